The van der Waals surface area contributed by atoms with Crippen LogP contribution in [0.5, 0.6) is 11.5 Å². The minimum Gasteiger partial charge on any atom is -0.453 e. The van der Waals surface area contributed by atoms with Gasteiger partial charge in [-0.25, -0.2) is 0 Å². The van der Waals surface area contributed by atoms with Crippen LogP contribution in [-0.4, -0.2) is 0 Å². The maximum absolute atomic E-state index is 6.15. The predicted molar refractivity (Wildman–Crippen MR) is 111 cm³/mol. The van der Waals surface area contributed by atoms with Gasteiger partial charge in [0.1, 0.15) is 0 Å². The van der Waals surface area contributed by atoms with Crippen molar-refractivity contribution >= 4 is 48.9 Å². The number of hydrogen-bond donors (Lipinski definition) is 0. The Labute approximate surface area is 164 Å². The molecule has 0 fully saturated rings. The lowest BCUT2D eigenvalue weighted by Gasteiger charge is -2.33. The summed E-state index contributed by atoms with van der Waals surface area (Å²) in [7, 11) is 0. The predicted octanol–water partition coefficient (Wildman–Crippen LogP) is 7.74. The third kappa shape index (κ3) is 3.21. The van der Waals surface area contributed by atoms with Crippen LogP contribution in [0.3, 0.4) is 0 Å². The van der Waals surface area contributed by atoms with Crippen molar-refractivity contribution in [3.05, 3.63) is 75.2 Å². The number of halogens is 2. The van der Waals surface area contributed by atoms with Crippen molar-refractivity contribution in [3.63, 3.8) is 0 Å². The van der Waals surface area contributed by atoms with Gasteiger partial charge in [0.05, 0.1) is 11.4 Å². The molecule has 0 saturated heterocycles. The van der Waals surface area contributed by atoms with Gasteiger partial charge in [0.2, 0.25) is 0 Å². The number of aryl methyl sites for hydroxylation is 1. The van der Waals surface area contributed by atoms with Gasteiger partial charge in [0, 0.05) is 14.6 Å². The molecule has 0 unspecified atom stereocenters. The quantitative estimate of drug-likeness (QED) is 0.311. The number of hydrogen-bond acceptors (Lipinski definition) is 2. The average molecular weight is 459 g/mol. The molecule has 0 atom stereocenters. The Morgan fingerprint density at radius 2 is 1.36 bits per heavy atom. The van der Waals surface area contributed by atoms with E-state index >= 15 is 0 Å². The summed E-state index contributed by atoms with van der Waals surface area (Å²) in [6.45, 7) is 2.21. The fraction of sp³-hybridized carbons (Fsp3) is 0.143. The Balaban J connectivity index is 1.86. The molecule has 4 rings (SSSR count). The number of rotatable bonds is 3. The normalized spacial score (nSPS) is 12.4. The van der Waals surface area contributed by atoms with Gasteiger partial charge < -0.3 is 9.64 Å². The molecule has 0 spiro atoms. The Kier molecular flexibility index (Phi) is 4.57. The molecule has 1 aliphatic rings. The molecule has 0 N–H and O–H groups in total. The Morgan fingerprint density at radius 1 is 0.800 bits per heavy atom. The second-order valence-corrected chi connectivity index (χ2v) is 7.91. The highest BCUT2D eigenvalue weighted by Crippen LogP contribution is 2.51. The topological polar surface area (TPSA) is 12.5 Å². The van der Waals surface area contributed by atoms with Gasteiger partial charge in [-0.15, -0.1) is 0 Å². The molecule has 0 amide bonds. The van der Waals surface area contributed by atoms with Crippen molar-refractivity contribution < 1.29 is 4.74 Å². The Hall–Kier alpha value is -1.78. The molecule has 2 nitrogen and oxygen atoms in total. The van der Waals surface area contributed by atoms with Crippen LogP contribution in [0, 0.1) is 0 Å². The third-order valence-corrected chi connectivity index (χ3v) is 5.27. The lowest BCUT2D eigenvalue weighted by molar-refractivity contribution is 0.476. The molecule has 0 saturated carbocycles. The van der Waals surface area contributed by atoms with E-state index in [2.05, 4.69) is 80.1 Å². The van der Waals surface area contributed by atoms with Crippen LogP contribution in [0.15, 0.2) is 69.6 Å². The van der Waals surface area contributed by atoms with E-state index in [-0.39, 0.29) is 0 Å². The summed E-state index contributed by atoms with van der Waals surface area (Å²) in [5.41, 5.74) is 4.59. The summed E-state index contributed by atoms with van der Waals surface area (Å²) >= 11 is 7.08. The Bertz CT molecular complexity index is 870. The minimum atomic E-state index is 0.845. The van der Waals surface area contributed by atoms with Gasteiger partial charge in [0.25, 0.3) is 0 Å². The fourth-order valence-corrected chi connectivity index (χ4v) is 3.82. The maximum atomic E-state index is 6.15. The van der Waals surface area contributed by atoms with Gasteiger partial charge in [-0.3, -0.25) is 0 Å². The maximum Gasteiger partial charge on any atom is 0.152 e. The van der Waals surface area contributed by atoms with Crippen LogP contribution in [0.4, 0.5) is 17.1 Å². The van der Waals surface area contributed by atoms with Gasteiger partial charge in [-0.2, -0.15) is 0 Å². The molecule has 0 radical (unpaired) electrons. The third-order valence-electron chi connectivity index (χ3n) is 4.28. The first-order chi connectivity index (χ1) is 12.2. The summed E-state index contributed by atoms with van der Waals surface area (Å²) in [4.78, 5) is 2.25. The number of benzene rings is 3. The first-order valence-electron chi connectivity index (χ1n) is 8.32. The van der Waals surface area contributed by atoms with Crippen molar-refractivity contribution in [2.45, 2.75) is 19.8 Å². The van der Waals surface area contributed by atoms with E-state index in [1.54, 1.807) is 0 Å². The standard InChI is InChI=1S/C21H17Br2NO/c1-2-3-14-4-8-17(9-5-14)24-18-10-6-15(22)12-20(18)25-21-13-16(23)7-11-19(21)24/h4-13H,2-3H2,1H3. The number of fused-ring (bicyclic) bond motifs is 2. The van der Waals surface area contributed by atoms with Crippen LogP contribution in [0.1, 0.15) is 18.9 Å². The molecule has 4 heteroatoms. The molecular weight excluding hydrogens is 442 g/mol. The molecule has 126 valence electrons. The van der Waals surface area contributed by atoms with Crippen molar-refractivity contribution in [3.8, 4) is 11.5 Å². The largest absolute Gasteiger partial charge is 0.453 e. The zero-order valence-corrected chi connectivity index (χ0v) is 17.0. The molecule has 0 aliphatic carbocycles. The van der Waals surface area contributed by atoms with Crippen molar-refractivity contribution in [1.29, 1.82) is 0 Å². The van der Waals surface area contributed by atoms with E-state index in [0.717, 1.165) is 50.3 Å². The number of anilines is 3. The summed E-state index contributed by atoms with van der Waals surface area (Å²) in [5.74, 6) is 1.69. The zero-order valence-electron chi connectivity index (χ0n) is 13.8. The summed E-state index contributed by atoms with van der Waals surface area (Å²) in [5, 5.41) is 0. The van der Waals surface area contributed by atoms with E-state index in [9.17, 15) is 0 Å². The van der Waals surface area contributed by atoms with E-state index in [1.165, 1.54) is 5.56 Å². The second kappa shape index (κ2) is 6.85. The van der Waals surface area contributed by atoms with Crippen molar-refractivity contribution in [1.82, 2.24) is 0 Å². The smallest absolute Gasteiger partial charge is 0.152 e. The molecule has 0 aromatic heterocycles. The lowest BCUT2D eigenvalue weighted by atomic mass is 10.1. The first kappa shape index (κ1) is 16.7. The van der Waals surface area contributed by atoms with E-state index in [4.69, 9.17) is 4.74 Å². The molecular formula is C21H17Br2NO. The summed E-state index contributed by atoms with van der Waals surface area (Å²) in [6, 6.07) is 21.1. The van der Waals surface area contributed by atoms with Gasteiger partial charge in [-0.05, 0) is 60.5 Å². The number of ether oxygens (including phenoxy) is 1. The van der Waals surface area contributed by atoms with E-state index < -0.39 is 0 Å². The van der Waals surface area contributed by atoms with Crippen LogP contribution in [-0.2, 0) is 6.42 Å². The molecule has 1 aliphatic heterocycles. The van der Waals surface area contributed by atoms with Crippen molar-refractivity contribution in [2.75, 3.05) is 4.90 Å². The lowest BCUT2D eigenvalue weighted by Crippen LogP contribution is -2.15. The molecule has 3 aromatic carbocycles. The number of nitrogens with zero attached hydrogens (tertiary/aromatic N) is 1. The highest BCUT2D eigenvalue weighted by Gasteiger charge is 2.26. The first-order valence-corrected chi connectivity index (χ1v) is 9.90. The fourth-order valence-electron chi connectivity index (χ4n) is 3.14. The minimum absolute atomic E-state index is 0.845. The van der Waals surface area contributed by atoms with E-state index in [1.807, 2.05) is 24.3 Å². The van der Waals surface area contributed by atoms with Crippen LogP contribution >= 0.6 is 31.9 Å². The van der Waals surface area contributed by atoms with E-state index in [0.29, 0.717) is 0 Å². The van der Waals surface area contributed by atoms with Crippen LogP contribution in [0.25, 0.3) is 0 Å². The van der Waals surface area contributed by atoms with Crippen molar-refractivity contribution in [2.24, 2.45) is 0 Å². The zero-order chi connectivity index (χ0) is 17.4. The summed E-state index contributed by atoms with van der Waals surface area (Å²) in [6.07, 6.45) is 2.26. The monoisotopic (exact) mass is 457 g/mol. The highest BCUT2D eigenvalue weighted by molar-refractivity contribution is 9.10. The van der Waals surface area contributed by atoms with Gasteiger partial charge in [-0.1, -0.05) is 57.3 Å². The summed E-state index contributed by atoms with van der Waals surface area (Å²) < 4.78 is 8.16. The molecule has 0 bridgehead atoms. The highest BCUT2D eigenvalue weighted by atomic mass is 79.9. The van der Waals surface area contributed by atoms with Gasteiger partial charge in [0.15, 0.2) is 11.5 Å². The SMILES string of the molecule is CCCc1ccc(N2c3ccc(Br)cc3Oc3cc(Br)ccc32)cc1. The molecule has 3 aromatic rings. The molecule has 1 heterocycles. The average Bonchev–Trinajstić information content (AvgIpc) is 2.60. The Morgan fingerprint density at radius 3 is 1.88 bits per heavy atom. The second-order valence-electron chi connectivity index (χ2n) is 6.08. The van der Waals surface area contributed by atoms with Crippen LogP contribution in [0.2, 0.25) is 0 Å². The van der Waals surface area contributed by atoms with Crippen LogP contribution < -0.4 is 9.64 Å². The molecule has 25 heavy (non-hydrogen) atoms. The van der Waals surface area contributed by atoms with Gasteiger partial charge >= 0.3 is 0 Å².